The van der Waals surface area contributed by atoms with Crippen LogP contribution >= 0.6 is 11.3 Å². The minimum atomic E-state index is -3.28. The van der Waals surface area contributed by atoms with Crippen molar-refractivity contribution in [1.29, 1.82) is 0 Å². The van der Waals surface area contributed by atoms with Crippen LogP contribution in [0.1, 0.15) is 23.3 Å². The summed E-state index contributed by atoms with van der Waals surface area (Å²) >= 11 is 1.38. The SMILES string of the molecule is CNC1CCN(S(=O)(=O)c2sc(C)cc2C)CC1. The van der Waals surface area contributed by atoms with Crippen LogP contribution in [0.4, 0.5) is 0 Å². The van der Waals surface area contributed by atoms with Crippen LogP contribution in [0, 0.1) is 13.8 Å². The molecule has 6 heteroatoms. The van der Waals surface area contributed by atoms with Crippen LogP contribution in [0.3, 0.4) is 0 Å². The van der Waals surface area contributed by atoms with Crippen LogP contribution in [0.5, 0.6) is 0 Å². The zero-order valence-electron chi connectivity index (χ0n) is 11.1. The number of nitrogens with one attached hydrogen (secondary N) is 1. The van der Waals surface area contributed by atoms with E-state index in [-0.39, 0.29) is 0 Å². The quantitative estimate of drug-likeness (QED) is 0.921. The lowest BCUT2D eigenvalue weighted by molar-refractivity contribution is 0.299. The number of thiophene rings is 1. The summed E-state index contributed by atoms with van der Waals surface area (Å²) in [5, 5.41) is 3.21. The fraction of sp³-hybridized carbons (Fsp3) is 0.667. The van der Waals surface area contributed by atoms with E-state index in [2.05, 4.69) is 5.32 Å². The Morgan fingerprint density at radius 2 is 1.94 bits per heavy atom. The third-order valence-corrected chi connectivity index (χ3v) is 7.10. The first kappa shape index (κ1) is 14.0. The second kappa shape index (κ2) is 5.28. The molecule has 0 unspecified atom stereocenters. The van der Waals surface area contributed by atoms with Gasteiger partial charge < -0.3 is 5.32 Å². The summed E-state index contributed by atoms with van der Waals surface area (Å²) in [5.41, 5.74) is 0.869. The molecule has 18 heavy (non-hydrogen) atoms. The van der Waals surface area contributed by atoms with Crippen molar-refractivity contribution >= 4 is 21.4 Å². The first-order valence-electron chi connectivity index (χ1n) is 6.19. The predicted octanol–water partition coefficient (Wildman–Crippen LogP) is 1.74. The number of hydrogen-bond donors (Lipinski definition) is 1. The number of sulfonamides is 1. The molecule has 0 saturated carbocycles. The maximum atomic E-state index is 12.5. The van der Waals surface area contributed by atoms with Crippen LogP contribution < -0.4 is 5.32 Å². The predicted molar refractivity (Wildman–Crippen MR) is 74.6 cm³/mol. The third-order valence-electron chi connectivity index (χ3n) is 3.43. The van der Waals surface area contributed by atoms with E-state index in [1.807, 2.05) is 27.0 Å². The molecule has 0 atom stereocenters. The third kappa shape index (κ3) is 2.61. The molecule has 0 spiro atoms. The van der Waals surface area contributed by atoms with Gasteiger partial charge in [0, 0.05) is 24.0 Å². The van der Waals surface area contributed by atoms with Crippen LogP contribution in [-0.2, 0) is 10.0 Å². The van der Waals surface area contributed by atoms with Crippen LogP contribution in [0.25, 0.3) is 0 Å². The Hall–Kier alpha value is -0.430. The molecule has 4 nitrogen and oxygen atoms in total. The van der Waals surface area contributed by atoms with E-state index < -0.39 is 10.0 Å². The van der Waals surface area contributed by atoms with Crippen molar-refractivity contribution in [1.82, 2.24) is 9.62 Å². The number of hydrogen-bond acceptors (Lipinski definition) is 4. The highest BCUT2D eigenvalue weighted by Gasteiger charge is 2.31. The summed E-state index contributed by atoms with van der Waals surface area (Å²) < 4.78 is 27.2. The van der Waals surface area contributed by atoms with Gasteiger partial charge in [-0.25, -0.2) is 8.42 Å². The van der Waals surface area contributed by atoms with Crippen molar-refractivity contribution in [2.75, 3.05) is 20.1 Å². The first-order chi connectivity index (χ1) is 8.45. The Morgan fingerprint density at radius 3 is 2.39 bits per heavy atom. The molecule has 1 aromatic rings. The van der Waals surface area contributed by atoms with E-state index in [1.165, 1.54) is 11.3 Å². The summed E-state index contributed by atoms with van der Waals surface area (Å²) in [7, 11) is -1.35. The molecule has 1 fully saturated rings. The number of piperidine rings is 1. The summed E-state index contributed by atoms with van der Waals surface area (Å²) in [4.78, 5) is 1.05. The van der Waals surface area contributed by atoms with Gasteiger partial charge >= 0.3 is 0 Å². The topological polar surface area (TPSA) is 49.4 Å². The molecule has 1 saturated heterocycles. The molecule has 0 amide bonds. The monoisotopic (exact) mass is 288 g/mol. The minimum absolute atomic E-state index is 0.447. The van der Waals surface area contributed by atoms with E-state index in [0.29, 0.717) is 23.3 Å². The van der Waals surface area contributed by atoms with Crippen molar-refractivity contribution in [2.24, 2.45) is 0 Å². The van der Waals surface area contributed by atoms with Crippen LogP contribution in [0.2, 0.25) is 0 Å². The van der Waals surface area contributed by atoms with Crippen molar-refractivity contribution in [2.45, 2.75) is 36.9 Å². The average molecular weight is 288 g/mol. The lowest BCUT2D eigenvalue weighted by Gasteiger charge is -2.30. The van der Waals surface area contributed by atoms with Crippen molar-refractivity contribution in [3.63, 3.8) is 0 Å². The highest BCUT2D eigenvalue weighted by atomic mass is 32.2. The van der Waals surface area contributed by atoms with Gasteiger partial charge in [-0.3, -0.25) is 0 Å². The Kier molecular flexibility index (Phi) is 4.11. The van der Waals surface area contributed by atoms with Gasteiger partial charge in [0.1, 0.15) is 4.21 Å². The van der Waals surface area contributed by atoms with Gasteiger partial charge in [0.15, 0.2) is 0 Å². The molecule has 1 aliphatic heterocycles. The van der Waals surface area contributed by atoms with Crippen molar-refractivity contribution in [3.8, 4) is 0 Å². The zero-order chi connectivity index (χ0) is 13.3. The maximum absolute atomic E-state index is 12.5. The molecular formula is C12H20N2O2S2. The second-order valence-corrected chi connectivity index (χ2v) is 8.18. The fourth-order valence-corrected chi connectivity index (χ4v) is 5.65. The largest absolute Gasteiger partial charge is 0.317 e. The molecule has 102 valence electrons. The Labute approximate surface area is 113 Å². The smallest absolute Gasteiger partial charge is 0.252 e. The van der Waals surface area contributed by atoms with Gasteiger partial charge in [0.05, 0.1) is 0 Å². The van der Waals surface area contributed by atoms with Gasteiger partial charge in [-0.2, -0.15) is 4.31 Å². The summed E-state index contributed by atoms with van der Waals surface area (Å²) in [6.45, 7) is 5.05. The van der Waals surface area contributed by atoms with Crippen LogP contribution in [-0.4, -0.2) is 38.9 Å². The van der Waals surface area contributed by atoms with Crippen molar-refractivity contribution in [3.05, 3.63) is 16.5 Å². The molecule has 0 aliphatic carbocycles. The van der Waals surface area contributed by atoms with E-state index >= 15 is 0 Å². The van der Waals surface area contributed by atoms with Crippen LogP contribution in [0.15, 0.2) is 10.3 Å². The highest BCUT2D eigenvalue weighted by Crippen LogP contribution is 2.30. The summed E-state index contributed by atoms with van der Waals surface area (Å²) in [6, 6.07) is 2.39. The molecule has 1 aliphatic rings. The molecule has 1 aromatic heterocycles. The minimum Gasteiger partial charge on any atom is -0.317 e. The van der Waals surface area contributed by atoms with Crippen molar-refractivity contribution < 1.29 is 8.42 Å². The Balaban J connectivity index is 2.20. The summed E-state index contributed by atoms with van der Waals surface area (Å²) in [6.07, 6.45) is 1.78. The molecule has 0 bridgehead atoms. The zero-order valence-corrected chi connectivity index (χ0v) is 12.7. The Bertz CT molecular complexity index is 514. The molecular weight excluding hydrogens is 268 g/mol. The number of aryl methyl sites for hydroxylation is 2. The van der Waals surface area contributed by atoms with Gasteiger partial charge in [0.25, 0.3) is 10.0 Å². The molecule has 1 N–H and O–H groups in total. The van der Waals surface area contributed by atoms with Gasteiger partial charge in [-0.15, -0.1) is 11.3 Å². The standard InChI is InChI=1S/C12H20N2O2S2/c1-9-8-10(2)17-12(9)18(15,16)14-6-4-11(13-3)5-7-14/h8,11,13H,4-7H2,1-3H3. The molecule has 2 heterocycles. The number of rotatable bonds is 3. The maximum Gasteiger partial charge on any atom is 0.252 e. The van der Waals surface area contributed by atoms with E-state index in [1.54, 1.807) is 4.31 Å². The van der Waals surface area contributed by atoms with E-state index in [9.17, 15) is 8.42 Å². The van der Waals surface area contributed by atoms with E-state index in [4.69, 9.17) is 0 Å². The second-order valence-electron chi connectivity index (χ2n) is 4.79. The normalized spacial score (nSPS) is 19.3. The average Bonchev–Trinajstić information content (AvgIpc) is 2.69. The number of nitrogens with zero attached hydrogens (tertiary/aromatic N) is 1. The Morgan fingerprint density at radius 1 is 1.33 bits per heavy atom. The van der Waals surface area contributed by atoms with E-state index in [0.717, 1.165) is 23.3 Å². The van der Waals surface area contributed by atoms with Gasteiger partial charge in [-0.1, -0.05) is 0 Å². The summed E-state index contributed by atoms with van der Waals surface area (Å²) in [5.74, 6) is 0. The highest BCUT2D eigenvalue weighted by molar-refractivity contribution is 7.91. The molecule has 0 radical (unpaired) electrons. The lowest BCUT2D eigenvalue weighted by atomic mass is 10.1. The van der Waals surface area contributed by atoms with Gasteiger partial charge in [0.2, 0.25) is 0 Å². The molecule has 2 rings (SSSR count). The first-order valence-corrected chi connectivity index (χ1v) is 8.45. The molecule has 0 aromatic carbocycles. The fourth-order valence-electron chi connectivity index (χ4n) is 2.38. The van der Waals surface area contributed by atoms with Gasteiger partial charge in [-0.05, 0) is 45.4 Å². The lowest BCUT2D eigenvalue weighted by Crippen LogP contribution is -2.43.